The van der Waals surface area contributed by atoms with Crippen LogP contribution in [-0.2, 0) is 22.8 Å². The smallest absolute Gasteiger partial charge is 0.431 e. The Morgan fingerprint density at radius 3 is 2.42 bits per heavy atom. The molecule has 1 unspecified atom stereocenters. The molecule has 0 N–H and O–H groups in total. The molecule has 0 saturated heterocycles. The van der Waals surface area contributed by atoms with Crippen LogP contribution in [0.5, 0.6) is 17.4 Å². The Morgan fingerprint density at radius 2 is 1.84 bits per heavy atom. The number of halogens is 4. The van der Waals surface area contributed by atoms with Crippen LogP contribution in [0.4, 0.5) is 23.2 Å². The Bertz CT molecular complexity index is 1550. The summed E-state index contributed by atoms with van der Waals surface area (Å²) in [4.78, 5) is 55.1. The van der Waals surface area contributed by atoms with Gasteiger partial charge in [0.2, 0.25) is 11.5 Å². The average molecular weight is 543 g/mol. The van der Waals surface area contributed by atoms with Crippen LogP contribution >= 0.6 is 0 Å². The largest absolute Gasteiger partial charge is 0.466 e. The van der Waals surface area contributed by atoms with Crippen molar-refractivity contribution in [3.05, 3.63) is 72.7 Å². The first-order valence-electron chi connectivity index (χ1n) is 10.3. The number of benzene rings is 1. The molecule has 3 aromatic rings. The van der Waals surface area contributed by atoms with Crippen LogP contribution in [-0.4, -0.2) is 43.2 Å². The third-order valence-electron chi connectivity index (χ3n) is 4.96. The number of nitro benzene ring substituents is 1. The number of esters is 1. The van der Waals surface area contributed by atoms with Crippen molar-refractivity contribution in [1.82, 2.24) is 19.1 Å². The van der Waals surface area contributed by atoms with E-state index in [2.05, 4.69) is 14.7 Å². The summed E-state index contributed by atoms with van der Waals surface area (Å²) in [7, 11) is 1.80. The Morgan fingerprint density at radius 1 is 1.18 bits per heavy atom. The fraction of sp³-hybridized carbons (Fsp3) is 0.286. The highest BCUT2D eigenvalue weighted by atomic mass is 19.4. The molecule has 0 amide bonds. The number of hydrogen-bond acceptors (Lipinski definition) is 10. The molecule has 13 nitrogen and oxygen atoms in total. The fourth-order valence-electron chi connectivity index (χ4n) is 3.14. The van der Waals surface area contributed by atoms with Gasteiger partial charge in [0, 0.05) is 19.2 Å². The lowest BCUT2D eigenvalue weighted by molar-refractivity contribution is -0.385. The number of carbonyl (C=O) groups excluding carboxylic acids is 1. The van der Waals surface area contributed by atoms with E-state index >= 15 is 0 Å². The number of rotatable bonds is 7. The summed E-state index contributed by atoms with van der Waals surface area (Å²) in [5, 5.41) is 11.6. The number of aryl methyl sites for hydroxylation is 1. The Kier molecular flexibility index (Phi) is 7.50. The molecule has 2 aromatic heterocycles. The normalized spacial score (nSPS) is 12.1. The number of methoxy groups -OCH3 is 1. The zero-order valence-corrected chi connectivity index (χ0v) is 19.9. The lowest BCUT2D eigenvalue weighted by Gasteiger charge is -2.16. The van der Waals surface area contributed by atoms with E-state index < -0.39 is 68.8 Å². The Balaban J connectivity index is 2.21. The first-order valence-corrected chi connectivity index (χ1v) is 10.3. The summed E-state index contributed by atoms with van der Waals surface area (Å²) < 4.78 is 69.9. The van der Waals surface area contributed by atoms with Crippen molar-refractivity contribution in [3.63, 3.8) is 0 Å². The van der Waals surface area contributed by atoms with Crippen molar-refractivity contribution in [1.29, 1.82) is 0 Å². The van der Waals surface area contributed by atoms with Crippen LogP contribution in [0.25, 0.3) is 5.69 Å². The highest BCUT2D eigenvalue weighted by Gasteiger charge is 2.35. The number of hydrogen-bond donors (Lipinski definition) is 0. The van der Waals surface area contributed by atoms with Gasteiger partial charge in [-0.15, -0.1) is 0 Å². The van der Waals surface area contributed by atoms with Gasteiger partial charge >= 0.3 is 23.5 Å². The summed E-state index contributed by atoms with van der Waals surface area (Å²) in [6.45, 7) is 2.75. The van der Waals surface area contributed by atoms with E-state index in [0.717, 1.165) is 13.3 Å². The summed E-state index contributed by atoms with van der Waals surface area (Å²) in [5.41, 5.74) is -6.67. The molecule has 1 atom stereocenters. The van der Waals surface area contributed by atoms with E-state index in [1.165, 1.54) is 13.8 Å². The van der Waals surface area contributed by atoms with Crippen LogP contribution in [0, 0.1) is 22.9 Å². The van der Waals surface area contributed by atoms with Crippen LogP contribution < -0.4 is 20.7 Å². The molecule has 0 saturated carbocycles. The number of ether oxygens (including phenoxy) is 3. The average Bonchev–Trinajstić information content (AvgIpc) is 2.83. The summed E-state index contributed by atoms with van der Waals surface area (Å²) >= 11 is 0. The van der Waals surface area contributed by atoms with Gasteiger partial charge in [0.25, 0.3) is 11.4 Å². The second-order valence-electron chi connectivity index (χ2n) is 7.54. The standard InChI is InChI=1S/C21H17F4N5O8/c1-9(19(32)36-4)37-18-15(8-26-10(2)27-18)38-14-6-12(11(22)5-13(14)30(34)35)29-17(31)7-16(21(23,24)25)28(3)20(29)33/h5-9H,1-4H3. The number of nitro groups is 1. The van der Waals surface area contributed by atoms with Crippen LogP contribution in [0.1, 0.15) is 18.4 Å². The molecule has 2 heterocycles. The summed E-state index contributed by atoms with van der Waals surface area (Å²) in [5.74, 6) is -3.70. The van der Waals surface area contributed by atoms with Crippen molar-refractivity contribution in [2.75, 3.05) is 7.11 Å². The minimum absolute atomic E-state index is 0.0452. The molecule has 38 heavy (non-hydrogen) atoms. The molecule has 0 aliphatic rings. The quantitative estimate of drug-likeness (QED) is 0.188. The first-order chi connectivity index (χ1) is 17.6. The predicted molar refractivity (Wildman–Crippen MR) is 118 cm³/mol. The number of aromatic nitrogens is 4. The van der Waals surface area contributed by atoms with Gasteiger partial charge in [0.05, 0.1) is 30.0 Å². The molecule has 0 spiro atoms. The SMILES string of the molecule is COC(=O)C(C)Oc1nc(C)ncc1Oc1cc(-n2c(=O)cc(C(F)(F)F)n(C)c2=O)c(F)cc1[N+](=O)[O-]. The van der Waals surface area contributed by atoms with Gasteiger partial charge in [0.1, 0.15) is 11.5 Å². The topological polar surface area (TPSA) is 158 Å². The summed E-state index contributed by atoms with van der Waals surface area (Å²) in [6, 6.07) is 0.939. The molecule has 17 heteroatoms. The van der Waals surface area contributed by atoms with Gasteiger partial charge in [-0.05, 0) is 13.8 Å². The van der Waals surface area contributed by atoms with Crippen LogP contribution in [0.15, 0.2) is 34.0 Å². The first kappa shape index (κ1) is 27.8. The second kappa shape index (κ2) is 10.3. The minimum Gasteiger partial charge on any atom is -0.466 e. The van der Waals surface area contributed by atoms with Crippen LogP contribution in [0.3, 0.4) is 0 Å². The van der Waals surface area contributed by atoms with Crippen molar-refractivity contribution in [2.24, 2.45) is 7.05 Å². The molecular formula is C21H17F4N5O8. The molecule has 0 fully saturated rings. The molecule has 202 valence electrons. The maximum atomic E-state index is 14.9. The maximum absolute atomic E-state index is 14.9. The van der Waals surface area contributed by atoms with Gasteiger partial charge in [0.15, 0.2) is 11.9 Å². The highest BCUT2D eigenvalue weighted by Crippen LogP contribution is 2.37. The summed E-state index contributed by atoms with van der Waals surface area (Å²) in [6.07, 6.45) is -5.28. The molecule has 0 bridgehead atoms. The van der Waals surface area contributed by atoms with E-state index in [0.29, 0.717) is 19.2 Å². The molecule has 3 rings (SSSR count). The zero-order valence-electron chi connectivity index (χ0n) is 19.9. The molecule has 0 aliphatic carbocycles. The van der Waals surface area contributed by atoms with Gasteiger partial charge in [-0.25, -0.2) is 23.5 Å². The second-order valence-corrected chi connectivity index (χ2v) is 7.54. The van der Waals surface area contributed by atoms with Gasteiger partial charge in [-0.1, -0.05) is 0 Å². The van der Waals surface area contributed by atoms with Crippen molar-refractivity contribution in [2.45, 2.75) is 26.1 Å². The van der Waals surface area contributed by atoms with Gasteiger partial charge in [-0.3, -0.25) is 19.5 Å². The molecule has 1 aromatic carbocycles. The predicted octanol–water partition coefficient (Wildman–Crippen LogP) is 2.43. The lowest BCUT2D eigenvalue weighted by Crippen LogP contribution is -2.41. The highest BCUT2D eigenvalue weighted by molar-refractivity contribution is 5.74. The number of nitrogens with zero attached hydrogens (tertiary/aromatic N) is 5. The molecular weight excluding hydrogens is 526 g/mol. The zero-order chi connectivity index (χ0) is 28.5. The minimum atomic E-state index is -5.07. The van der Waals surface area contributed by atoms with Gasteiger partial charge in [-0.2, -0.15) is 18.2 Å². The van der Waals surface area contributed by atoms with Gasteiger partial charge < -0.3 is 14.2 Å². The fourth-order valence-corrected chi connectivity index (χ4v) is 3.14. The molecule has 0 radical (unpaired) electrons. The van der Waals surface area contributed by atoms with E-state index in [9.17, 15) is 42.1 Å². The Hall–Kier alpha value is -4.83. The number of alkyl halides is 3. The molecule has 0 aliphatic heterocycles. The van der Waals surface area contributed by atoms with E-state index in [1.807, 2.05) is 0 Å². The number of carbonyl (C=O) groups is 1. The van der Waals surface area contributed by atoms with E-state index in [4.69, 9.17) is 9.47 Å². The third kappa shape index (κ3) is 5.45. The maximum Gasteiger partial charge on any atom is 0.431 e. The van der Waals surface area contributed by atoms with Crippen molar-refractivity contribution in [3.8, 4) is 23.1 Å². The third-order valence-corrected chi connectivity index (χ3v) is 4.96. The van der Waals surface area contributed by atoms with E-state index in [-0.39, 0.29) is 26.9 Å². The van der Waals surface area contributed by atoms with Crippen LogP contribution in [0.2, 0.25) is 0 Å². The monoisotopic (exact) mass is 543 g/mol. The van der Waals surface area contributed by atoms with Crippen molar-refractivity contribution < 1.29 is 41.5 Å². The lowest BCUT2D eigenvalue weighted by atomic mass is 10.2. The van der Waals surface area contributed by atoms with E-state index in [1.54, 1.807) is 0 Å². The Labute approximate surface area is 209 Å². The van der Waals surface area contributed by atoms with Crippen molar-refractivity contribution >= 4 is 11.7 Å².